The van der Waals surface area contributed by atoms with Gasteiger partial charge in [0.1, 0.15) is 0 Å². The van der Waals surface area contributed by atoms with Crippen molar-refractivity contribution < 1.29 is 17.9 Å². The van der Waals surface area contributed by atoms with E-state index in [1.807, 2.05) is 0 Å². The van der Waals surface area contributed by atoms with Crippen molar-refractivity contribution in [1.29, 1.82) is 0 Å². The number of halogens is 3. The number of unbranched alkanes of at least 4 members (excludes halogenated alkanes) is 1. The maximum Gasteiger partial charge on any atom is 0.387 e. The minimum Gasteiger partial charge on any atom is -0.432 e. The number of benzene rings is 1. The first-order valence-corrected chi connectivity index (χ1v) is 14.7. The molecule has 3 rings (SSSR count). The van der Waals surface area contributed by atoms with Crippen LogP contribution in [0.25, 0.3) is 0 Å². The number of ether oxygens (including phenoxy) is 1. The maximum absolute atomic E-state index is 13.8. The lowest BCUT2D eigenvalue weighted by molar-refractivity contribution is -0.0522. The van der Waals surface area contributed by atoms with Crippen LogP contribution in [0.15, 0.2) is 18.2 Å². The van der Waals surface area contributed by atoms with E-state index in [9.17, 15) is 13.2 Å². The highest BCUT2D eigenvalue weighted by atomic mass is 28.3. The summed E-state index contributed by atoms with van der Waals surface area (Å²) in [5.74, 6) is 1.82. The van der Waals surface area contributed by atoms with E-state index in [0.29, 0.717) is 0 Å². The predicted octanol–water partition coefficient (Wildman–Crippen LogP) is 7.99. The number of hydrogen-bond donors (Lipinski definition) is 0. The number of aryl methyl sites for hydroxylation is 1. The van der Waals surface area contributed by atoms with Crippen molar-refractivity contribution in [3.05, 3.63) is 29.6 Å². The first kappa shape index (κ1) is 23.7. The molecule has 0 spiro atoms. The summed E-state index contributed by atoms with van der Waals surface area (Å²) in [5.41, 5.74) is 0.861. The van der Waals surface area contributed by atoms with Crippen molar-refractivity contribution >= 4 is 8.80 Å². The van der Waals surface area contributed by atoms with Crippen LogP contribution in [0.1, 0.15) is 76.7 Å². The summed E-state index contributed by atoms with van der Waals surface area (Å²) >= 11 is 0. The molecule has 1 heterocycles. The number of alkyl halides is 2. The third kappa shape index (κ3) is 7.32. The van der Waals surface area contributed by atoms with E-state index in [4.69, 9.17) is 0 Å². The largest absolute Gasteiger partial charge is 0.432 e. The summed E-state index contributed by atoms with van der Waals surface area (Å²) in [6, 6.07) is 9.13. The SMILES string of the molecule is CCC[SiH]1CCC(C2CCC(CCCCc3ccc(OC(F)F)c(F)c3)CC2)CC1. The van der Waals surface area contributed by atoms with Gasteiger partial charge in [-0.3, -0.25) is 0 Å². The Bertz CT molecular complexity index is 623. The van der Waals surface area contributed by atoms with E-state index in [1.165, 1.54) is 69.9 Å². The van der Waals surface area contributed by atoms with Crippen LogP contribution in [0.5, 0.6) is 5.75 Å². The maximum atomic E-state index is 13.8. The normalized spacial score (nSPS) is 27.4. The zero-order valence-corrected chi connectivity index (χ0v) is 19.7. The lowest BCUT2D eigenvalue weighted by Crippen LogP contribution is -2.28. The monoisotopic (exact) mass is 440 g/mol. The van der Waals surface area contributed by atoms with E-state index in [1.54, 1.807) is 24.2 Å². The Hall–Kier alpha value is -0.973. The van der Waals surface area contributed by atoms with Gasteiger partial charge in [0.15, 0.2) is 11.6 Å². The molecule has 0 radical (unpaired) electrons. The highest BCUT2D eigenvalue weighted by Crippen LogP contribution is 2.42. The van der Waals surface area contributed by atoms with Gasteiger partial charge in [0.05, 0.1) is 0 Å². The molecule has 1 aromatic rings. The average molecular weight is 441 g/mol. The molecule has 1 nitrogen and oxygen atoms in total. The summed E-state index contributed by atoms with van der Waals surface area (Å²) in [6.07, 6.45) is 14.4. The topological polar surface area (TPSA) is 9.23 Å². The molecular weight excluding hydrogens is 401 g/mol. The van der Waals surface area contributed by atoms with Crippen LogP contribution in [-0.4, -0.2) is 15.4 Å². The lowest BCUT2D eigenvalue weighted by Gasteiger charge is -2.37. The molecule has 2 fully saturated rings. The van der Waals surface area contributed by atoms with E-state index in [-0.39, 0.29) is 14.5 Å². The van der Waals surface area contributed by atoms with Gasteiger partial charge in [-0.2, -0.15) is 8.78 Å². The quantitative estimate of drug-likeness (QED) is 0.264. The van der Waals surface area contributed by atoms with E-state index in [0.717, 1.165) is 36.2 Å². The second-order valence-corrected chi connectivity index (χ2v) is 13.2. The van der Waals surface area contributed by atoms with Crippen LogP contribution in [0.4, 0.5) is 13.2 Å². The Balaban J connectivity index is 1.30. The molecule has 0 N–H and O–H groups in total. The molecule has 0 bridgehead atoms. The molecule has 2 aliphatic rings. The summed E-state index contributed by atoms with van der Waals surface area (Å²) in [4.78, 5) is 0. The zero-order chi connectivity index (χ0) is 21.3. The molecule has 1 aliphatic heterocycles. The third-order valence-electron chi connectivity index (χ3n) is 7.69. The van der Waals surface area contributed by atoms with Crippen molar-refractivity contribution in [2.45, 2.75) is 102 Å². The van der Waals surface area contributed by atoms with Gasteiger partial charge < -0.3 is 4.74 Å². The van der Waals surface area contributed by atoms with Gasteiger partial charge in [-0.15, -0.1) is 0 Å². The van der Waals surface area contributed by atoms with Gasteiger partial charge >= 0.3 is 6.61 Å². The lowest BCUT2D eigenvalue weighted by atomic mass is 9.73. The fraction of sp³-hybridized carbons (Fsp3) is 0.760. The molecule has 30 heavy (non-hydrogen) atoms. The van der Waals surface area contributed by atoms with Crippen LogP contribution >= 0.6 is 0 Å². The Labute approximate surface area is 182 Å². The summed E-state index contributed by atoms with van der Waals surface area (Å²) in [6.45, 7) is -0.640. The van der Waals surface area contributed by atoms with E-state index in [2.05, 4.69) is 11.7 Å². The zero-order valence-electron chi connectivity index (χ0n) is 18.6. The standard InChI is InChI=1S/C25H39F3OSi/c1-2-15-30-16-13-22(14-17-30)21-10-7-19(8-11-21)5-3-4-6-20-9-12-24(23(26)18-20)29-25(27)28/h9,12,18-19,21-22,25,30H,2-8,10-11,13-17H2,1H3. The van der Waals surface area contributed by atoms with Gasteiger partial charge in [0.2, 0.25) is 0 Å². The predicted molar refractivity (Wildman–Crippen MR) is 121 cm³/mol. The van der Waals surface area contributed by atoms with Crippen molar-refractivity contribution in [2.24, 2.45) is 17.8 Å². The highest BCUT2D eigenvalue weighted by molar-refractivity contribution is 6.58. The minimum absolute atomic E-state index is 0.353. The van der Waals surface area contributed by atoms with Gasteiger partial charge in [-0.05, 0) is 61.1 Å². The Morgan fingerprint density at radius 1 is 1.00 bits per heavy atom. The molecule has 0 aromatic heterocycles. The van der Waals surface area contributed by atoms with Crippen molar-refractivity contribution in [3.8, 4) is 5.75 Å². The molecule has 0 atom stereocenters. The van der Waals surface area contributed by atoms with Gasteiger partial charge in [0.25, 0.3) is 0 Å². The second kappa shape index (κ2) is 12.2. The van der Waals surface area contributed by atoms with E-state index < -0.39 is 12.4 Å². The molecule has 0 unspecified atom stereocenters. The van der Waals surface area contributed by atoms with Gasteiger partial charge in [0, 0.05) is 8.80 Å². The Morgan fingerprint density at radius 3 is 2.33 bits per heavy atom. The fourth-order valence-electron chi connectivity index (χ4n) is 5.96. The first-order chi connectivity index (χ1) is 14.5. The second-order valence-electron chi connectivity index (χ2n) is 9.74. The summed E-state index contributed by atoms with van der Waals surface area (Å²) in [7, 11) is -0.353. The molecule has 1 saturated heterocycles. The third-order valence-corrected chi connectivity index (χ3v) is 11.4. The summed E-state index contributed by atoms with van der Waals surface area (Å²) < 4.78 is 42.4. The van der Waals surface area contributed by atoms with Crippen LogP contribution < -0.4 is 4.74 Å². The summed E-state index contributed by atoms with van der Waals surface area (Å²) in [5, 5.41) is 0. The molecular formula is C25H39F3OSi. The van der Waals surface area contributed by atoms with Crippen molar-refractivity contribution in [2.75, 3.05) is 0 Å². The minimum atomic E-state index is -2.99. The van der Waals surface area contributed by atoms with Crippen molar-refractivity contribution in [3.63, 3.8) is 0 Å². The Kier molecular flexibility index (Phi) is 9.60. The molecule has 0 amide bonds. The number of rotatable bonds is 10. The molecule has 1 saturated carbocycles. The Morgan fingerprint density at radius 2 is 1.70 bits per heavy atom. The van der Waals surface area contributed by atoms with Crippen LogP contribution in [0.2, 0.25) is 18.1 Å². The molecule has 1 aliphatic carbocycles. The van der Waals surface area contributed by atoms with Crippen LogP contribution in [0.3, 0.4) is 0 Å². The van der Waals surface area contributed by atoms with Crippen molar-refractivity contribution in [1.82, 2.24) is 0 Å². The first-order valence-electron chi connectivity index (χ1n) is 12.3. The molecule has 5 heteroatoms. The van der Waals surface area contributed by atoms with Crippen LogP contribution in [-0.2, 0) is 6.42 Å². The highest BCUT2D eigenvalue weighted by Gasteiger charge is 2.30. The molecule has 1 aromatic carbocycles. The fourth-order valence-corrected chi connectivity index (χ4v) is 9.44. The van der Waals surface area contributed by atoms with Crippen LogP contribution in [0, 0.1) is 23.6 Å². The number of hydrogen-bond acceptors (Lipinski definition) is 1. The van der Waals surface area contributed by atoms with Gasteiger partial charge in [-0.1, -0.05) is 76.1 Å². The smallest absolute Gasteiger partial charge is 0.387 e. The van der Waals surface area contributed by atoms with Gasteiger partial charge in [-0.25, -0.2) is 4.39 Å². The average Bonchev–Trinajstić information content (AvgIpc) is 2.74. The van der Waals surface area contributed by atoms with E-state index >= 15 is 0 Å². The molecule has 170 valence electrons.